The molecule has 10 heteroatoms. The number of fused-ring (bicyclic) bond motifs is 1. The third-order valence-electron chi connectivity index (χ3n) is 7.56. The van der Waals surface area contributed by atoms with Crippen LogP contribution >= 0.6 is 22.9 Å². The molecule has 210 valence electrons. The van der Waals surface area contributed by atoms with Gasteiger partial charge in [-0.2, -0.15) is 0 Å². The zero-order valence-corrected chi connectivity index (χ0v) is 24.5. The Kier molecular flexibility index (Phi) is 8.29. The van der Waals surface area contributed by atoms with Crippen molar-refractivity contribution in [3.05, 3.63) is 87.8 Å². The molecular formula is C30H29ClF2N2O3S2. The van der Waals surface area contributed by atoms with Gasteiger partial charge in [-0.25, -0.2) is 17.2 Å². The number of sulfone groups is 1. The van der Waals surface area contributed by atoms with Crippen molar-refractivity contribution in [2.45, 2.75) is 49.2 Å². The monoisotopic (exact) mass is 602 g/mol. The molecule has 5 rings (SSSR count). The summed E-state index contributed by atoms with van der Waals surface area (Å²) in [5, 5.41) is 3.15. The Bertz CT molecular complexity index is 1680. The lowest BCUT2D eigenvalue weighted by molar-refractivity contribution is 0.0606. The van der Waals surface area contributed by atoms with E-state index in [2.05, 4.69) is 5.32 Å². The van der Waals surface area contributed by atoms with Gasteiger partial charge in [0.15, 0.2) is 9.84 Å². The van der Waals surface area contributed by atoms with E-state index in [4.69, 9.17) is 11.6 Å². The summed E-state index contributed by atoms with van der Waals surface area (Å²) in [6, 6.07) is 16.6. The summed E-state index contributed by atoms with van der Waals surface area (Å²) in [7, 11) is -1.54. The summed E-state index contributed by atoms with van der Waals surface area (Å²) < 4.78 is 54.0. The van der Waals surface area contributed by atoms with Gasteiger partial charge >= 0.3 is 0 Å². The maximum absolute atomic E-state index is 14.6. The van der Waals surface area contributed by atoms with Gasteiger partial charge in [-0.3, -0.25) is 4.79 Å². The van der Waals surface area contributed by atoms with Crippen LogP contribution in [0.25, 0.3) is 21.2 Å². The van der Waals surface area contributed by atoms with E-state index in [1.165, 1.54) is 6.26 Å². The van der Waals surface area contributed by atoms with Crippen LogP contribution in [0.3, 0.4) is 0 Å². The number of hydrogen-bond acceptors (Lipinski definition) is 5. The van der Waals surface area contributed by atoms with Crippen molar-refractivity contribution in [2.75, 3.05) is 13.3 Å². The van der Waals surface area contributed by atoms with Crippen LogP contribution in [0.15, 0.2) is 65.6 Å². The number of nitrogens with zero attached hydrogens (tertiary/aromatic N) is 1. The molecule has 40 heavy (non-hydrogen) atoms. The minimum absolute atomic E-state index is 0.0200. The summed E-state index contributed by atoms with van der Waals surface area (Å²) in [6.45, 7) is 0.234. The van der Waals surface area contributed by atoms with Crippen LogP contribution < -0.4 is 5.32 Å². The number of nitrogens with one attached hydrogen (secondary N) is 1. The van der Waals surface area contributed by atoms with Crippen LogP contribution in [0, 0.1) is 11.6 Å². The molecule has 1 saturated carbocycles. The first-order valence-electron chi connectivity index (χ1n) is 13.0. The maximum Gasteiger partial charge on any atom is 0.266 e. The standard InChI is InChI=1S/C30H29ClF2N2O3S2/c1-34-20-10-12-21(13-11-20)35(30(36)29-27(31)26-23(32)14-15-24(33)28(26)39-29)17-18-6-5-7-19(16-18)22-8-3-4-9-25(22)40(2,37)38/h3-9,14-16,20-21,34H,10-13,17H2,1-2H3/t20-,21-. The van der Waals surface area contributed by atoms with Crippen LogP contribution in [0.2, 0.25) is 5.02 Å². The van der Waals surface area contributed by atoms with E-state index in [1.54, 1.807) is 29.2 Å². The van der Waals surface area contributed by atoms with Crippen molar-refractivity contribution in [3.63, 3.8) is 0 Å². The van der Waals surface area contributed by atoms with Crippen LogP contribution in [0.1, 0.15) is 40.9 Å². The predicted octanol–water partition coefficient (Wildman–Crippen LogP) is 7.08. The highest BCUT2D eigenvalue weighted by Gasteiger charge is 2.32. The van der Waals surface area contributed by atoms with E-state index in [0.29, 0.717) is 17.2 Å². The van der Waals surface area contributed by atoms with Gasteiger partial charge in [0.05, 0.1) is 20.0 Å². The van der Waals surface area contributed by atoms with Crippen molar-refractivity contribution in [1.82, 2.24) is 10.2 Å². The Balaban J connectivity index is 1.54. The first-order valence-corrected chi connectivity index (χ1v) is 16.1. The summed E-state index contributed by atoms with van der Waals surface area (Å²) in [4.78, 5) is 16.1. The van der Waals surface area contributed by atoms with Gasteiger partial charge in [0, 0.05) is 30.4 Å². The molecule has 0 atom stereocenters. The average molecular weight is 603 g/mol. The molecule has 0 bridgehead atoms. The Morgan fingerprint density at radius 2 is 1.73 bits per heavy atom. The van der Waals surface area contributed by atoms with E-state index < -0.39 is 21.5 Å². The van der Waals surface area contributed by atoms with Crippen molar-refractivity contribution in [1.29, 1.82) is 0 Å². The van der Waals surface area contributed by atoms with Crippen LogP contribution in [-0.4, -0.2) is 44.6 Å². The minimum Gasteiger partial charge on any atom is -0.331 e. The second-order valence-corrected chi connectivity index (χ2v) is 13.6. The largest absolute Gasteiger partial charge is 0.331 e. The molecule has 1 N–H and O–H groups in total. The molecule has 0 saturated heterocycles. The van der Waals surface area contributed by atoms with E-state index >= 15 is 0 Å². The van der Waals surface area contributed by atoms with Crippen molar-refractivity contribution < 1.29 is 22.0 Å². The zero-order chi connectivity index (χ0) is 28.6. The molecular weight excluding hydrogens is 574 g/mol. The number of carbonyl (C=O) groups excluding carboxylic acids is 1. The number of carbonyl (C=O) groups is 1. The highest BCUT2D eigenvalue weighted by atomic mass is 35.5. The number of halogens is 3. The highest BCUT2D eigenvalue weighted by Crippen LogP contribution is 2.40. The van der Waals surface area contributed by atoms with Gasteiger partial charge in [0.25, 0.3) is 5.91 Å². The molecule has 1 aliphatic carbocycles. The SMILES string of the molecule is CN[C@H]1CC[C@H](N(Cc2cccc(-c3ccccc3S(C)(=O)=O)c2)C(=O)c2sc3c(F)ccc(F)c3c2Cl)CC1. The van der Waals surface area contributed by atoms with Crippen molar-refractivity contribution in [2.24, 2.45) is 0 Å². The fraction of sp³-hybridized carbons (Fsp3) is 0.300. The lowest BCUT2D eigenvalue weighted by Gasteiger charge is -2.37. The third-order valence-corrected chi connectivity index (χ3v) is 10.4. The number of amides is 1. The number of thiophene rings is 1. The van der Waals surface area contributed by atoms with Gasteiger partial charge in [0.2, 0.25) is 0 Å². The Hall–Kier alpha value is -2.85. The Labute approximate surface area is 241 Å². The molecule has 1 heterocycles. The van der Waals surface area contributed by atoms with Gasteiger partial charge in [-0.15, -0.1) is 11.3 Å². The Morgan fingerprint density at radius 1 is 1.02 bits per heavy atom. The van der Waals surface area contributed by atoms with Gasteiger partial charge in [0.1, 0.15) is 16.5 Å². The van der Waals surface area contributed by atoms with Crippen LogP contribution in [0.4, 0.5) is 8.78 Å². The van der Waals surface area contributed by atoms with Crippen molar-refractivity contribution in [3.8, 4) is 11.1 Å². The molecule has 1 aromatic heterocycles. The number of benzene rings is 3. The van der Waals surface area contributed by atoms with Crippen molar-refractivity contribution >= 4 is 48.8 Å². The molecule has 1 aliphatic rings. The molecule has 0 spiro atoms. The molecule has 0 radical (unpaired) electrons. The Morgan fingerprint density at radius 3 is 2.40 bits per heavy atom. The highest BCUT2D eigenvalue weighted by molar-refractivity contribution is 7.90. The summed E-state index contributed by atoms with van der Waals surface area (Å²) in [5.41, 5.74) is 2.10. The van der Waals surface area contributed by atoms with Gasteiger partial charge in [-0.05, 0) is 68.1 Å². The number of hydrogen-bond donors (Lipinski definition) is 1. The quantitative estimate of drug-likeness (QED) is 0.246. The fourth-order valence-electron chi connectivity index (χ4n) is 5.47. The van der Waals surface area contributed by atoms with E-state index in [-0.39, 0.29) is 43.4 Å². The summed E-state index contributed by atoms with van der Waals surface area (Å²) in [6.07, 6.45) is 4.47. The van der Waals surface area contributed by atoms with Gasteiger partial charge in [-0.1, -0.05) is 48.0 Å². The molecule has 1 fully saturated rings. The zero-order valence-electron chi connectivity index (χ0n) is 22.1. The molecule has 4 aromatic rings. The normalized spacial score (nSPS) is 17.7. The molecule has 0 unspecified atom stereocenters. The predicted molar refractivity (Wildman–Crippen MR) is 157 cm³/mol. The lowest BCUT2D eigenvalue weighted by Crippen LogP contribution is -2.44. The summed E-state index contributed by atoms with van der Waals surface area (Å²) in [5.74, 6) is -1.67. The lowest BCUT2D eigenvalue weighted by atomic mass is 9.89. The van der Waals surface area contributed by atoms with E-state index in [1.807, 2.05) is 31.3 Å². The van der Waals surface area contributed by atoms with E-state index in [9.17, 15) is 22.0 Å². The maximum atomic E-state index is 14.6. The van der Waals surface area contributed by atoms with E-state index in [0.717, 1.165) is 54.7 Å². The summed E-state index contributed by atoms with van der Waals surface area (Å²) >= 11 is 7.38. The first-order chi connectivity index (χ1) is 19.1. The smallest absolute Gasteiger partial charge is 0.266 e. The van der Waals surface area contributed by atoms with Gasteiger partial charge < -0.3 is 10.2 Å². The number of rotatable bonds is 7. The second kappa shape index (κ2) is 11.6. The third kappa shape index (κ3) is 5.65. The van der Waals surface area contributed by atoms with Crippen LogP contribution in [0.5, 0.6) is 0 Å². The first kappa shape index (κ1) is 28.7. The average Bonchev–Trinajstić information content (AvgIpc) is 3.31. The molecule has 5 nitrogen and oxygen atoms in total. The van der Waals surface area contributed by atoms with Crippen LogP contribution in [-0.2, 0) is 16.4 Å². The molecule has 3 aromatic carbocycles. The second-order valence-electron chi connectivity index (χ2n) is 10.2. The minimum atomic E-state index is -3.46. The molecule has 0 aliphatic heterocycles. The topological polar surface area (TPSA) is 66.5 Å². The fourth-order valence-corrected chi connectivity index (χ4v) is 7.89. The molecule has 1 amide bonds.